The molecule has 1 rings (SSSR count). The van der Waals surface area contributed by atoms with Crippen LogP contribution in [-0.4, -0.2) is 33.3 Å². The van der Waals surface area contributed by atoms with E-state index in [0.29, 0.717) is 11.6 Å². The van der Waals surface area contributed by atoms with Crippen molar-refractivity contribution < 1.29 is 14.5 Å². The molecule has 1 unspecified atom stereocenters. The Morgan fingerprint density at radius 1 is 1.78 bits per heavy atom. The van der Waals surface area contributed by atoms with Gasteiger partial charge in [-0.15, -0.1) is 0 Å². The highest BCUT2D eigenvalue weighted by atomic mass is 32.2. The fraction of sp³-hybridized carbons (Fsp3) is 0.750. The second kappa shape index (κ2) is 2.55. The second-order valence-corrected chi connectivity index (χ2v) is 3.41. The maximum Gasteiger partial charge on any atom is 0.325 e. The quantitative estimate of drug-likeness (QED) is 0.423. The van der Waals surface area contributed by atoms with Crippen LogP contribution in [0.15, 0.2) is 0 Å². The Morgan fingerprint density at radius 2 is 2.44 bits per heavy atom. The van der Waals surface area contributed by atoms with E-state index in [1.165, 1.54) is 0 Å². The van der Waals surface area contributed by atoms with Crippen LogP contribution in [0.25, 0.3) is 0 Å². The minimum absolute atomic E-state index is 0.356. The van der Waals surface area contributed by atoms with Crippen LogP contribution in [0.3, 0.4) is 0 Å². The third-order valence-electron chi connectivity index (χ3n) is 1.15. The van der Waals surface area contributed by atoms with Gasteiger partial charge in [-0.25, -0.2) is 0 Å². The summed E-state index contributed by atoms with van der Waals surface area (Å²) in [6, 6.07) is -0.529. The summed E-state index contributed by atoms with van der Waals surface area (Å²) in [5.74, 6) is -0.0919. The number of aliphatic carboxylic acids is 1. The summed E-state index contributed by atoms with van der Waals surface area (Å²) in [5.41, 5.74) is 0. The lowest BCUT2D eigenvalue weighted by Crippen LogP contribution is -2.32. The summed E-state index contributed by atoms with van der Waals surface area (Å²) in [7, 11) is 0. The van der Waals surface area contributed by atoms with Gasteiger partial charge in [0.1, 0.15) is 0 Å². The van der Waals surface area contributed by atoms with Gasteiger partial charge in [-0.2, -0.15) is 4.55 Å². The Hall–Kier alpha value is -0.260. The van der Waals surface area contributed by atoms with Gasteiger partial charge in [-0.05, 0) is 0 Å². The molecule has 0 aromatic rings. The molecule has 0 aromatic carbocycles. The third kappa shape index (κ3) is 1.57. The van der Waals surface area contributed by atoms with E-state index in [9.17, 15) is 4.79 Å². The number of rotatable bonds is 1. The van der Waals surface area contributed by atoms with Crippen LogP contribution in [0.5, 0.6) is 0 Å². The van der Waals surface area contributed by atoms with E-state index in [-0.39, 0.29) is 0 Å². The van der Waals surface area contributed by atoms with Crippen LogP contribution < -0.4 is 5.32 Å². The topological polar surface area (TPSA) is 69.6 Å². The Bertz CT molecular complexity index is 129. The molecule has 1 fully saturated rings. The van der Waals surface area contributed by atoms with Crippen LogP contribution in [-0.2, 0) is 16.0 Å². The first-order valence-corrected chi connectivity index (χ1v) is 4.05. The molecule has 4 nitrogen and oxygen atoms in total. The largest absolute Gasteiger partial charge is 0.480 e. The van der Waals surface area contributed by atoms with E-state index >= 15 is 0 Å². The van der Waals surface area contributed by atoms with Gasteiger partial charge in [-0.3, -0.25) is 10.1 Å². The molecule has 5 heteroatoms. The maximum absolute atomic E-state index is 10.2. The number of carbonyl (C=O) groups is 1. The van der Waals surface area contributed by atoms with Gasteiger partial charge in [-0.1, -0.05) is 0 Å². The van der Waals surface area contributed by atoms with E-state index in [2.05, 4.69) is 5.32 Å². The Morgan fingerprint density at radius 3 is 2.67 bits per heavy atom. The van der Waals surface area contributed by atoms with Crippen molar-refractivity contribution in [1.29, 1.82) is 0 Å². The lowest BCUT2D eigenvalue weighted by atomic mass is 10.4. The van der Waals surface area contributed by atoms with Crippen molar-refractivity contribution in [2.75, 3.05) is 11.6 Å². The molecule has 2 atom stereocenters. The molecule has 0 amide bonds. The zero-order valence-electron chi connectivity index (χ0n) is 4.70. The van der Waals surface area contributed by atoms with Gasteiger partial charge in [0.05, 0.1) is 0 Å². The first-order valence-electron chi connectivity index (χ1n) is 2.53. The van der Waals surface area contributed by atoms with Gasteiger partial charge in [0.25, 0.3) is 0 Å². The summed E-state index contributed by atoms with van der Waals surface area (Å²) in [5, 5.41) is 11.0. The molecule has 0 aromatic heterocycles. The predicted molar refractivity (Wildman–Crippen MR) is 34.3 cm³/mol. The number of hydrogen-bond acceptors (Lipinski definition) is 3. The fourth-order valence-electron chi connectivity index (χ4n) is 0.666. The molecule has 1 aliphatic heterocycles. The molecule has 0 saturated carbocycles. The summed E-state index contributed by atoms with van der Waals surface area (Å²) >= 11 is -0.715. The zero-order chi connectivity index (χ0) is 6.85. The van der Waals surface area contributed by atoms with Crippen LogP contribution in [0.1, 0.15) is 0 Å². The molecular weight excluding hydrogens is 142 g/mol. The lowest BCUT2D eigenvalue weighted by Gasteiger charge is -1.94. The molecule has 0 radical (unpaired) electrons. The molecular formula is C4H8NO3S+. The third-order valence-corrected chi connectivity index (χ3v) is 2.37. The number of carboxylic acid groups (broad SMARTS) is 1. The van der Waals surface area contributed by atoms with E-state index in [4.69, 9.17) is 9.66 Å². The van der Waals surface area contributed by atoms with Crippen molar-refractivity contribution in [3.8, 4) is 0 Å². The van der Waals surface area contributed by atoms with Crippen molar-refractivity contribution in [2.24, 2.45) is 0 Å². The molecule has 9 heavy (non-hydrogen) atoms. The normalized spacial score (nSPS) is 34.8. The summed E-state index contributed by atoms with van der Waals surface area (Å²) in [6.45, 7) is 0. The Labute approximate surface area is 55.4 Å². The van der Waals surface area contributed by atoms with Crippen molar-refractivity contribution in [1.82, 2.24) is 5.32 Å². The molecule has 0 aliphatic carbocycles. The standard InChI is InChI=1S/C4H7NO3S/c6-4(7)3-1-9(8)2-5-3/h3,5,8H,1-2H2/p+1/t3-,9?/m0/s1. The molecule has 52 valence electrons. The molecule has 1 aliphatic rings. The highest BCUT2D eigenvalue weighted by Crippen LogP contribution is 2.02. The first-order chi connectivity index (χ1) is 4.20. The monoisotopic (exact) mass is 150 g/mol. The molecule has 1 heterocycles. The molecule has 0 bridgehead atoms. The van der Waals surface area contributed by atoms with Gasteiger partial charge in [0.15, 0.2) is 28.8 Å². The average molecular weight is 150 g/mol. The lowest BCUT2D eigenvalue weighted by molar-refractivity contribution is -0.138. The zero-order valence-corrected chi connectivity index (χ0v) is 5.52. The maximum atomic E-state index is 10.2. The molecule has 0 spiro atoms. The molecule has 3 N–H and O–H groups in total. The number of carboxylic acids is 1. The van der Waals surface area contributed by atoms with Crippen molar-refractivity contribution in [3.63, 3.8) is 0 Å². The van der Waals surface area contributed by atoms with E-state index in [1.54, 1.807) is 0 Å². The summed E-state index contributed by atoms with van der Waals surface area (Å²) in [6.07, 6.45) is 0. The summed E-state index contributed by atoms with van der Waals surface area (Å²) in [4.78, 5) is 10.2. The van der Waals surface area contributed by atoms with Crippen molar-refractivity contribution in [3.05, 3.63) is 0 Å². The second-order valence-electron chi connectivity index (χ2n) is 1.87. The average Bonchev–Trinajstić information content (AvgIpc) is 2.14. The minimum Gasteiger partial charge on any atom is -0.480 e. The van der Waals surface area contributed by atoms with Crippen LogP contribution in [0, 0.1) is 0 Å². The van der Waals surface area contributed by atoms with Crippen LogP contribution in [0.4, 0.5) is 0 Å². The van der Waals surface area contributed by atoms with Crippen LogP contribution in [0.2, 0.25) is 0 Å². The number of hydrogen-bond donors (Lipinski definition) is 3. The number of nitrogens with one attached hydrogen (secondary N) is 1. The van der Waals surface area contributed by atoms with Gasteiger partial charge in [0.2, 0.25) is 0 Å². The predicted octanol–water partition coefficient (Wildman–Crippen LogP) is -0.908. The Kier molecular flexibility index (Phi) is 1.94. The SMILES string of the molecule is O=C(O)[C@@H]1C[S+](O)CN1. The van der Waals surface area contributed by atoms with E-state index in [1.807, 2.05) is 0 Å². The highest BCUT2D eigenvalue weighted by Gasteiger charge is 2.35. The van der Waals surface area contributed by atoms with E-state index < -0.39 is 23.2 Å². The van der Waals surface area contributed by atoms with Gasteiger partial charge < -0.3 is 5.11 Å². The van der Waals surface area contributed by atoms with Gasteiger partial charge >= 0.3 is 5.97 Å². The Balaban J connectivity index is 2.39. The fourth-order valence-corrected chi connectivity index (χ4v) is 1.82. The van der Waals surface area contributed by atoms with Crippen molar-refractivity contribution in [2.45, 2.75) is 6.04 Å². The van der Waals surface area contributed by atoms with Crippen molar-refractivity contribution >= 4 is 17.1 Å². The molecule has 1 saturated heterocycles. The smallest absolute Gasteiger partial charge is 0.325 e. The van der Waals surface area contributed by atoms with Crippen LogP contribution >= 0.6 is 0 Å². The van der Waals surface area contributed by atoms with E-state index in [0.717, 1.165) is 0 Å². The summed E-state index contributed by atoms with van der Waals surface area (Å²) < 4.78 is 8.85. The van der Waals surface area contributed by atoms with Gasteiger partial charge in [0, 0.05) is 0 Å². The minimum atomic E-state index is -0.876. The first kappa shape index (κ1) is 6.85. The highest BCUT2D eigenvalue weighted by molar-refractivity contribution is 7.91.